The summed E-state index contributed by atoms with van der Waals surface area (Å²) in [5.74, 6) is 1.06. The summed E-state index contributed by atoms with van der Waals surface area (Å²) in [5, 5.41) is 4.00. The van der Waals surface area contributed by atoms with Gasteiger partial charge in [-0.1, -0.05) is 37.0 Å². The zero-order valence-electron chi connectivity index (χ0n) is 12.7. The summed E-state index contributed by atoms with van der Waals surface area (Å²) in [7, 11) is 0. The molecule has 1 aromatic carbocycles. The fourth-order valence-corrected chi connectivity index (χ4v) is 3.13. The average Bonchev–Trinajstić information content (AvgIpc) is 2.85. The minimum Gasteiger partial charge on any atom is -0.454 e. The SMILES string of the molecule is CC1(C)[C@H](C(=O)N/N=C\c2ccc3c(c2)OCO3)[C@@H]1C=C(Cl)Cl. The van der Waals surface area contributed by atoms with Crippen molar-refractivity contribution in [3.05, 3.63) is 34.3 Å². The van der Waals surface area contributed by atoms with Crippen molar-refractivity contribution in [3.8, 4) is 11.5 Å². The quantitative estimate of drug-likeness (QED) is 0.665. The number of fused-ring (bicyclic) bond motifs is 1. The number of nitrogens with zero attached hydrogens (tertiary/aromatic N) is 1. The molecule has 3 rings (SSSR count). The van der Waals surface area contributed by atoms with Crippen LogP contribution in [0.4, 0.5) is 0 Å². The van der Waals surface area contributed by atoms with Gasteiger partial charge in [0.25, 0.3) is 0 Å². The van der Waals surface area contributed by atoms with Crippen molar-refractivity contribution in [2.45, 2.75) is 13.8 Å². The number of hydrogen-bond acceptors (Lipinski definition) is 4. The van der Waals surface area contributed by atoms with Crippen molar-refractivity contribution in [1.29, 1.82) is 0 Å². The smallest absolute Gasteiger partial charge is 0.244 e. The van der Waals surface area contributed by atoms with Gasteiger partial charge in [-0.25, -0.2) is 5.43 Å². The zero-order valence-corrected chi connectivity index (χ0v) is 14.2. The number of hydrazone groups is 1. The molecule has 0 bridgehead atoms. The number of benzene rings is 1. The number of hydrogen-bond donors (Lipinski definition) is 1. The van der Waals surface area contributed by atoms with Crippen LogP contribution in [0.1, 0.15) is 19.4 Å². The summed E-state index contributed by atoms with van der Waals surface area (Å²) in [6, 6.07) is 5.44. The number of rotatable bonds is 4. The van der Waals surface area contributed by atoms with Crippen LogP contribution < -0.4 is 14.9 Å². The molecule has 5 nitrogen and oxygen atoms in total. The lowest BCUT2D eigenvalue weighted by Gasteiger charge is -2.01. The second-order valence-electron chi connectivity index (χ2n) is 6.13. The molecule has 2 aliphatic rings. The number of nitrogens with one attached hydrogen (secondary N) is 1. The van der Waals surface area contributed by atoms with Gasteiger partial charge in [0.1, 0.15) is 4.49 Å². The summed E-state index contributed by atoms with van der Waals surface area (Å²) in [6.07, 6.45) is 3.27. The topological polar surface area (TPSA) is 59.9 Å². The van der Waals surface area contributed by atoms with E-state index in [1.54, 1.807) is 24.4 Å². The number of carbonyl (C=O) groups is 1. The lowest BCUT2D eigenvalue weighted by Crippen LogP contribution is -2.21. The van der Waals surface area contributed by atoms with Crippen molar-refractivity contribution in [3.63, 3.8) is 0 Å². The number of amides is 1. The monoisotopic (exact) mass is 354 g/mol. The van der Waals surface area contributed by atoms with Gasteiger partial charge in [-0.05, 0) is 41.2 Å². The lowest BCUT2D eigenvalue weighted by molar-refractivity contribution is -0.123. The highest BCUT2D eigenvalue weighted by molar-refractivity contribution is 6.55. The lowest BCUT2D eigenvalue weighted by atomic mass is 10.1. The van der Waals surface area contributed by atoms with E-state index in [2.05, 4.69) is 10.5 Å². The Hall–Kier alpha value is -1.72. The molecular weight excluding hydrogens is 339 g/mol. The van der Waals surface area contributed by atoms with Gasteiger partial charge in [-0.3, -0.25) is 4.79 Å². The highest BCUT2D eigenvalue weighted by Gasteiger charge is 2.60. The largest absolute Gasteiger partial charge is 0.454 e. The first-order valence-electron chi connectivity index (χ1n) is 7.15. The maximum absolute atomic E-state index is 12.2. The Morgan fingerprint density at radius 2 is 2.09 bits per heavy atom. The predicted molar refractivity (Wildman–Crippen MR) is 88.9 cm³/mol. The van der Waals surface area contributed by atoms with Crippen LogP contribution >= 0.6 is 23.2 Å². The van der Waals surface area contributed by atoms with Crippen molar-refractivity contribution in [1.82, 2.24) is 5.43 Å². The number of allylic oxidation sites excluding steroid dienone is 1. The van der Waals surface area contributed by atoms with Crippen LogP contribution in [0.2, 0.25) is 0 Å². The number of halogens is 2. The molecule has 1 saturated carbocycles. The first kappa shape index (κ1) is 16.1. The molecule has 0 saturated heterocycles. The second kappa shape index (κ2) is 6.06. The molecule has 0 aromatic heterocycles. The molecule has 23 heavy (non-hydrogen) atoms. The van der Waals surface area contributed by atoms with E-state index in [0.29, 0.717) is 11.5 Å². The predicted octanol–water partition coefficient (Wildman–Crippen LogP) is 3.46. The van der Waals surface area contributed by atoms with Gasteiger partial charge in [0.05, 0.1) is 12.1 Å². The molecule has 1 aliphatic heterocycles. The van der Waals surface area contributed by atoms with E-state index < -0.39 is 0 Å². The Morgan fingerprint density at radius 3 is 2.83 bits per heavy atom. The molecular formula is C16H16Cl2N2O3. The molecule has 1 N–H and O–H groups in total. The molecule has 1 aliphatic carbocycles. The van der Waals surface area contributed by atoms with Crippen LogP contribution in [-0.4, -0.2) is 18.9 Å². The summed E-state index contributed by atoms with van der Waals surface area (Å²) < 4.78 is 10.7. The van der Waals surface area contributed by atoms with Gasteiger partial charge in [0, 0.05) is 0 Å². The Balaban J connectivity index is 1.60. The molecule has 1 fully saturated rings. The van der Waals surface area contributed by atoms with Crippen molar-refractivity contribution >= 4 is 35.3 Å². The van der Waals surface area contributed by atoms with E-state index in [-0.39, 0.29) is 34.4 Å². The summed E-state index contributed by atoms with van der Waals surface area (Å²) in [6.45, 7) is 4.22. The van der Waals surface area contributed by atoms with Crippen molar-refractivity contribution < 1.29 is 14.3 Å². The van der Waals surface area contributed by atoms with Crippen molar-refractivity contribution in [2.24, 2.45) is 22.4 Å². The zero-order chi connectivity index (χ0) is 16.6. The standard InChI is InChI=1S/C16H16Cl2N2O3/c1-16(2)10(6-13(17)18)14(16)15(21)20-19-7-9-3-4-11-12(5-9)23-8-22-11/h3-7,10,14H,8H2,1-2H3,(H,20,21)/b19-7-/t10-,14-/m0/s1. The summed E-state index contributed by atoms with van der Waals surface area (Å²) >= 11 is 11.4. The van der Waals surface area contributed by atoms with Gasteiger partial charge >= 0.3 is 0 Å². The molecule has 1 aromatic rings. The molecule has 7 heteroatoms. The highest BCUT2D eigenvalue weighted by Crippen LogP contribution is 2.59. The van der Waals surface area contributed by atoms with E-state index >= 15 is 0 Å². The van der Waals surface area contributed by atoms with E-state index in [0.717, 1.165) is 5.56 Å². The van der Waals surface area contributed by atoms with Gasteiger partial charge in [0.15, 0.2) is 11.5 Å². The summed E-state index contributed by atoms with van der Waals surface area (Å²) in [4.78, 5) is 12.2. The molecule has 122 valence electrons. The third kappa shape index (κ3) is 3.31. The Bertz CT molecular complexity index is 697. The summed E-state index contributed by atoms with van der Waals surface area (Å²) in [5.41, 5.74) is 3.20. The van der Waals surface area contributed by atoms with Gasteiger partial charge in [-0.2, -0.15) is 5.10 Å². The van der Waals surface area contributed by atoms with Crippen LogP contribution in [0.15, 0.2) is 33.9 Å². The third-order valence-electron chi connectivity index (χ3n) is 4.28. The van der Waals surface area contributed by atoms with Gasteiger partial charge in [-0.15, -0.1) is 0 Å². The average molecular weight is 355 g/mol. The molecule has 0 unspecified atom stereocenters. The molecule has 0 radical (unpaired) electrons. The first-order chi connectivity index (χ1) is 10.9. The van der Waals surface area contributed by atoms with Crippen LogP contribution in [0.3, 0.4) is 0 Å². The maximum Gasteiger partial charge on any atom is 0.244 e. The van der Waals surface area contributed by atoms with Gasteiger partial charge < -0.3 is 9.47 Å². The number of carbonyl (C=O) groups excluding carboxylic acids is 1. The third-order valence-corrected chi connectivity index (χ3v) is 4.54. The second-order valence-corrected chi connectivity index (χ2v) is 7.14. The number of ether oxygens (including phenoxy) is 2. The van der Waals surface area contributed by atoms with Crippen LogP contribution in [-0.2, 0) is 4.79 Å². The highest BCUT2D eigenvalue weighted by atomic mass is 35.5. The fourth-order valence-electron chi connectivity index (χ4n) is 2.86. The first-order valence-corrected chi connectivity index (χ1v) is 7.90. The molecule has 2 atom stereocenters. The van der Waals surface area contributed by atoms with Crippen molar-refractivity contribution in [2.75, 3.05) is 6.79 Å². The molecule has 0 spiro atoms. The minimum atomic E-state index is -0.191. The molecule has 1 amide bonds. The van der Waals surface area contributed by atoms with Crippen LogP contribution in [0, 0.1) is 17.3 Å². The van der Waals surface area contributed by atoms with Crippen LogP contribution in [0.5, 0.6) is 11.5 Å². The Labute approximate surface area is 144 Å². The van der Waals surface area contributed by atoms with E-state index in [4.69, 9.17) is 32.7 Å². The maximum atomic E-state index is 12.2. The van der Waals surface area contributed by atoms with E-state index in [1.807, 2.05) is 19.9 Å². The Morgan fingerprint density at radius 1 is 1.35 bits per heavy atom. The van der Waals surface area contributed by atoms with Crippen LogP contribution in [0.25, 0.3) is 0 Å². The normalized spacial score (nSPS) is 23.7. The van der Waals surface area contributed by atoms with Gasteiger partial charge in [0.2, 0.25) is 12.7 Å². The minimum absolute atomic E-state index is 0.0215. The fraction of sp³-hybridized carbons (Fsp3) is 0.375. The van der Waals surface area contributed by atoms with E-state index in [1.165, 1.54) is 0 Å². The van der Waals surface area contributed by atoms with E-state index in [9.17, 15) is 4.79 Å². The Kier molecular flexibility index (Phi) is 4.25. The molecule has 1 heterocycles.